The van der Waals surface area contributed by atoms with Crippen LogP contribution >= 0.6 is 0 Å². The molecule has 0 unspecified atom stereocenters. The van der Waals surface area contributed by atoms with Crippen LogP contribution in [0.4, 0.5) is 0 Å². The van der Waals surface area contributed by atoms with Crippen LogP contribution in [0.25, 0.3) is 0 Å². The number of aryl methyl sites for hydroxylation is 1. The van der Waals surface area contributed by atoms with Gasteiger partial charge in [-0.05, 0) is 42.5 Å². The smallest absolute Gasteiger partial charge is 0.234 e. The zero-order valence-electron chi connectivity index (χ0n) is 14.4. The predicted octanol–water partition coefficient (Wildman–Crippen LogP) is 2.07. The molecule has 5 nitrogen and oxygen atoms in total. The summed E-state index contributed by atoms with van der Waals surface area (Å²) in [6.07, 6.45) is 4.47. The Labute approximate surface area is 148 Å². The van der Waals surface area contributed by atoms with E-state index in [0.717, 1.165) is 18.5 Å². The molecule has 1 aromatic carbocycles. The molecule has 132 valence electrons. The van der Waals surface area contributed by atoms with Crippen molar-refractivity contribution in [2.75, 3.05) is 19.7 Å². The molecular formula is C20H25N3O2. The number of benzene rings is 1. The molecule has 0 bridgehead atoms. The Morgan fingerprint density at radius 1 is 1.24 bits per heavy atom. The van der Waals surface area contributed by atoms with Gasteiger partial charge in [-0.15, -0.1) is 0 Å². The quantitative estimate of drug-likeness (QED) is 0.773. The second-order valence-corrected chi connectivity index (χ2v) is 6.40. The number of carbonyl (C=O) groups excluding carboxylic acids is 1. The number of nitrogens with zero attached hydrogens (tertiary/aromatic N) is 2. The van der Waals surface area contributed by atoms with Gasteiger partial charge in [-0.2, -0.15) is 0 Å². The van der Waals surface area contributed by atoms with E-state index in [2.05, 4.69) is 39.5 Å². The van der Waals surface area contributed by atoms with E-state index in [1.807, 2.05) is 18.2 Å². The van der Waals surface area contributed by atoms with Crippen molar-refractivity contribution in [3.63, 3.8) is 0 Å². The first kappa shape index (κ1) is 17.6. The van der Waals surface area contributed by atoms with E-state index in [4.69, 9.17) is 0 Å². The van der Waals surface area contributed by atoms with Crippen LogP contribution in [-0.4, -0.2) is 40.6 Å². The number of rotatable bonds is 8. The minimum atomic E-state index is -0.00651. The Morgan fingerprint density at radius 3 is 2.88 bits per heavy atom. The third-order valence-electron chi connectivity index (χ3n) is 4.68. The third-order valence-corrected chi connectivity index (χ3v) is 4.68. The topological polar surface area (TPSA) is 65.5 Å². The molecule has 1 heterocycles. The summed E-state index contributed by atoms with van der Waals surface area (Å²) in [5.74, 6) is -0.00651. The zero-order valence-corrected chi connectivity index (χ0v) is 14.4. The van der Waals surface area contributed by atoms with Crippen LogP contribution in [0.15, 0.2) is 48.7 Å². The van der Waals surface area contributed by atoms with Gasteiger partial charge in [-0.1, -0.05) is 30.3 Å². The van der Waals surface area contributed by atoms with E-state index in [-0.39, 0.29) is 18.6 Å². The van der Waals surface area contributed by atoms with Gasteiger partial charge >= 0.3 is 0 Å². The zero-order chi connectivity index (χ0) is 17.5. The maximum Gasteiger partial charge on any atom is 0.234 e. The molecule has 3 rings (SSSR count). The van der Waals surface area contributed by atoms with Crippen molar-refractivity contribution in [2.24, 2.45) is 0 Å². The summed E-state index contributed by atoms with van der Waals surface area (Å²) in [5.41, 5.74) is 3.54. The number of aliphatic hydroxyl groups is 1. The highest BCUT2D eigenvalue weighted by atomic mass is 16.3. The van der Waals surface area contributed by atoms with Crippen LogP contribution in [0.5, 0.6) is 0 Å². The Morgan fingerprint density at radius 2 is 2.08 bits per heavy atom. The third kappa shape index (κ3) is 4.65. The molecular weight excluding hydrogens is 314 g/mol. The molecule has 0 radical (unpaired) electrons. The summed E-state index contributed by atoms with van der Waals surface area (Å²) in [5, 5.41) is 12.2. The molecule has 0 fully saturated rings. The minimum absolute atomic E-state index is 0.00651. The average molecular weight is 339 g/mol. The number of amides is 1. The van der Waals surface area contributed by atoms with Gasteiger partial charge in [0.05, 0.1) is 18.8 Å². The van der Waals surface area contributed by atoms with E-state index >= 15 is 0 Å². The number of hydrogen-bond donors (Lipinski definition) is 2. The standard InChI is InChI=1S/C20H25N3O2/c24-13-5-12-23(19-10-9-16-6-1-2-8-18(16)19)15-20(25)22-14-17-7-3-4-11-21-17/h1-4,6-8,11,19,24H,5,9-10,12-15H2,(H,22,25)/t19-/m1/s1. The Kier molecular flexibility index (Phi) is 6.14. The summed E-state index contributed by atoms with van der Waals surface area (Å²) in [6, 6.07) is 14.4. The molecule has 0 aliphatic heterocycles. The van der Waals surface area contributed by atoms with Crippen molar-refractivity contribution in [3.8, 4) is 0 Å². The van der Waals surface area contributed by atoms with E-state index in [1.165, 1.54) is 11.1 Å². The highest BCUT2D eigenvalue weighted by Gasteiger charge is 2.28. The van der Waals surface area contributed by atoms with Crippen molar-refractivity contribution < 1.29 is 9.90 Å². The lowest BCUT2D eigenvalue weighted by Gasteiger charge is -2.29. The molecule has 1 atom stereocenters. The van der Waals surface area contributed by atoms with Gasteiger partial charge in [0.25, 0.3) is 0 Å². The number of nitrogens with one attached hydrogen (secondary N) is 1. The minimum Gasteiger partial charge on any atom is -0.396 e. The van der Waals surface area contributed by atoms with Crippen molar-refractivity contribution in [2.45, 2.75) is 31.8 Å². The average Bonchev–Trinajstić information content (AvgIpc) is 3.08. The second kappa shape index (κ2) is 8.74. The fourth-order valence-electron chi connectivity index (χ4n) is 3.47. The van der Waals surface area contributed by atoms with E-state index < -0.39 is 0 Å². The normalized spacial score (nSPS) is 16.0. The summed E-state index contributed by atoms with van der Waals surface area (Å²) < 4.78 is 0. The first-order valence-corrected chi connectivity index (χ1v) is 8.87. The SMILES string of the molecule is O=C(CN(CCCO)[C@@H]1CCc2ccccc21)NCc1ccccn1. The Bertz CT molecular complexity index is 690. The maximum absolute atomic E-state index is 12.4. The van der Waals surface area contributed by atoms with Crippen molar-refractivity contribution in [1.82, 2.24) is 15.2 Å². The number of aliphatic hydroxyl groups excluding tert-OH is 1. The molecule has 2 aromatic rings. The van der Waals surface area contributed by atoms with Crippen LogP contribution in [0.3, 0.4) is 0 Å². The highest BCUT2D eigenvalue weighted by molar-refractivity contribution is 5.78. The number of aromatic nitrogens is 1. The summed E-state index contributed by atoms with van der Waals surface area (Å²) in [6.45, 7) is 1.63. The van der Waals surface area contributed by atoms with Crippen molar-refractivity contribution >= 4 is 5.91 Å². The molecule has 0 spiro atoms. The van der Waals surface area contributed by atoms with Gasteiger partial charge in [-0.3, -0.25) is 14.7 Å². The molecule has 1 amide bonds. The van der Waals surface area contributed by atoms with Crippen LogP contribution < -0.4 is 5.32 Å². The monoisotopic (exact) mass is 339 g/mol. The summed E-state index contributed by atoms with van der Waals surface area (Å²) >= 11 is 0. The lowest BCUT2D eigenvalue weighted by Crippen LogP contribution is -2.39. The molecule has 0 saturated carbocycles. The van der Waals surface area contributed by atoms with Gasteiger partial charge < -0.3 is 10.4 Å². The molecule has 2 N–H and O–H groups in total. The van der Waals surface area contributed by atoms with Crippen LogP contribution in [0, 0.1) is 0 Å². The number of fused-ring (bicyclic) bond motifs is 1. The fraction of sp³-hybridized carbons (Fsp3) is 0.400. The van der Waals surface area contributed by atoms with Crippen LogP contribution in [0.2, 0.25) is 0 Å². The number of hydrogen-bond acceptors (Lipinski definition) is 4. The number of carbonyl (C=O) groups is 1. The number of pyridine rings is 1. The summed E-state index contributed by atoms with van der Waals surface area (Å²) in [7, 11) is 0. The second-order valence-electron chi connectivity index (χ2n) is 6.40. The first-order chi connectivity index (χ1) is 12.3. The predicted molar refractivity (Wildman–Crippen MR) is 96.9 cm³/mol. The molecule has 5 heteroatoms. The van der Waals surface area contributed by atoms with E-state index in [1.54, 1.807) is 6.20 Å². The molecule has 0 saturated heterocycles. The Balaban J connectivity index is 1.62. The van der Waals surface area contributed by atoms with Crippen LogP contribution in [-0.2, 0) is 17.8 Å². The Hall–Kier alpha value is -2.24. The van der Waals surface area contributed by atoms with Crippen molar-refractivity contribution in [3.05, 3.63) is 65.5 Å². The summed E-state index contributed by atoms with van der Waals surface area (Å²) in [4.78, 5) is 18.8. The van der Waals surface area contributed by atoms with Gasteiger partial charge in [0.1, 0.15) is 0 Å². The van der Waals surface area contributed by atoms with E-state index in [0.29, 0.717) is 26.1 Å². The van der Waals surface area contributed by atoms with Gasteiger partial charge in [-0.25, -0.2) is 0 Å². The largest absolute Gasteiger partial charge is 0.396 e. The molecule has 1 aliphatic rings. The van der Waals surface area contributed by atoms with Gasteiger partial charge in [0, 0.05) is 25.4 Å². The fourth-order valence-corrected chi connectivity index (χ4v) is 3.47. The van der Waals surface area contributed by atoms with E-state index in [9.17, 15) is 9.90 Å². The lowest BCUT2D eigenvalue weighted by atomic mass is 10.1. The maximum atomic E-state index is 12.4. The van der Waals surface area contributed by atoms with Gasteiger partial charge in [0.15, 0.2) is 0 Å². The van der Waals surface area contributed by atoms with Crippen LogP contribution in [0.1, 0.15) is 35.7 Å². The van der Waals surface area contributed by atoms with Gasteiger partial charge in [0.2, 0.25) is 5.91 Å². The molecule has 1 aromatic heterocycles. The van der Waals surface area contributed by atoms with Crippen molar-refractivity contribution in [1.29, 1.82) is 0 Å². The lowest BCUT2D eigenvalue weighted by molar-refractivity contribution is -0.123. The first-order valence-electron chi connectivity index (χ1n) is 8.87. The molecule has 1 aliphatic carbocycles. The highest BCUT2D eigenvalue weighted by Crippen LogP contribution is 2.35. The molecule has 25 heavy (non-hydrogen) atoms.